The van der Waals surface area contributed by atoms with Gasteiger partial charge in [0.1, 0.15) is 5.54 Å². The minimum absolute atomic E-state index is 0.0230. The SMILES string of the molecule is CCNC(C)(C#N)CCCCN1CCCC(C(N)=O)C1. The van der Waals surface area contributed by atoms with Gasteiger partial charge in [-0.25, -0.2) is 0 Å². The van der Waals surface area contributed by atoms with Crippen LogP contribution < -0.4 is 11.1 Å². The van der Waals surface area contributed by atoms with E-state index in [1.807, 2.05) is 13.8 Å². The molecule has 1 amide bonds. The molecule has 2 unspecified atom stereocenters. The Labute approximate surface area is 122 Å². The Bertz CT molecular complexity index is 352. The van der Waals surface area contributed by atoms with E-state index in [0.717, 1.165) is 58.3 Å². The lowest BCUT2D eigenvalue weighted by Crippen LogP contribution is -2.42. The summed E-state index contributed by atoms with van der Waals surface area (Å²) in [6.45, 7) is 7.66. The lowest BCUT2D eigenvalue weighted by atomic mass is 9.95. The quantitative estimate of drug-likeness (QED) is 0.655. The topological polar surface area (TPSA) is 82.2 Å². The lowest BCUT2D eigenvalue weighted by Gasteiger charge is -2.31. The minimum Gasteiger partial charge on any atom is -0.369 e. The van der Waals surface area contributed by atoms with Crippen molar-refractivity contribution in [3.63, 3.8) is 0 Å². The Morgan fingerprint density at radius 1 is 1.55 bits per heavy atom. The van der Waals surface area contributed by atoms with E-state index in [4.69, 9.17) is 5.73 Å². The maximum Gasteiger partial charge on any atom is 0.221 e. The first-order valence-electron chi connectivity index (χ1n) is 7.68. The summed E-state index contributed by atoms with van der Waals surface area (Å²) in [5.41, 5.74) is 4.97. The van der Waals surface area contributed by atoms with Crippen LogP contribution in [0.2, 0.25) is 0 Å². The number of nitrogens with two attached hydrogens (primary N) is 1. The normalized spacial score (nSPS) is 22.9. The highest BCUT2D eigenvalue weighted by atomic mass is 16.1. The van der Waals surface area contributed by atoms with Crippen LogP contribution >= 0.6 is 0 Å². The van der Waals surface area contributed by atoms with Crippen molar-refractivity contribution in [3.8, 4) is 6.07 Å². The summed E-state index contributed by atoms with van der Waals surface area (Å²) in [6, 6.07) is 2.35. The van der Waals surface area contributed by atoms with Crippen molar-refractivity contribution in [1.29, 1.82) is 5.26 Å². The van der Waals surface area contributed by atoms with E-state index in [2.05, 4.69) is 16.3 Å². The molecule has 0 spiro atoms. The van der Waals surface area contributed by atoms with Crippen molar-refractivity contribution >= 4 is 5.91 Å². The number of amides is 1. The van der Waals surface area contributed by atoms with Gasteiger partial charge in [-0.1, -0.05) is 6.92 Å². The molecule has 1 rings (SSSR count). The predicted octanol–water partition coefficient (Wildman–Crippen LogP) is 1.25. The van der Waals surface area contributed by atoms with Crippen molar-refractivity contribution in [3.05, 3.63) is 0 Å². The van der Waals surface area contributed by atoms with Crippen LogP contribution in [0, 0.1) is 17.2 Å². The van der Waals surface area contributed by atoms with Gasteiger partial charge in [-0.3, -0.25) is 10.1 Å². The number of likely N-dealkylation sites (tertiary alicyclic amines) is 1. The number of carbonyl (C=O) groups is 1. The van der Waals surface area contributed by atoms with Crippen molar-refractivity contribution in [2.45, 2.75) is 51.5 Å². The molecular formula is C15H28N4O. The van der Waals surface area contributed by atoms with Crippen molar-refractivity contribution in [2.75, 3.05) is 26.2 Å². The Kier molecular flexibility index (Phi) is 6.97. The van der Waals surface area contributed by atoms with E-state index in [1.165, 1.54) is 0 Å². The highest BCUT2D eigenvalue weighted by Gasteiger charge is 2.24. The summed E-state index contributed by atoms with van der Waals surface area (Å²) in [4.78, 5) is 13.6. The zero-order valence-corrected chi connectivity index (χ0v) is 12.8. The zero-order chi connectivity index (χ0) is 15.0. The third-order valence-corrected chi connectivity index (χ3v) is 4.12. The molecule has 0 aliphatic carbocycles. The maximum atomic E-state index is 11.2. The molecule has 1 aliphatic heterocycles. The smallest absolute Gasteiger partial charge is 0.221 e. The van der Waals surface area contributed by atoms with E-state index in [1.54, 1.807) is 0 Å². The number of nitriles is 1. The molecule has 1 saturated heterocycles. The van der Waals surface area contributed by atoms with Crippen LogP contribution in [0.1, 0.15) is 46.0 Å². The number of nitrogens with one attached hydrogen (secondary N) is 1. The Balaban J connectivity index is 2.24. The summed E-state index contributed by atoms with van der Waals surface area (Å²) in [5, 5.41) is 12.4. The molecule has 114 valence electrons. The molecule has 5 nitrogen and oxygen atoms in total. The number of primary amides is 1. The summed E-state index contributed by atoms with van der Waals surface area (Å²) >= 11 is 0. The van der Waals surface area contributed by atoms with E-state index in [0.29, 0.717) is 0 Å². The first kappa shape index (κ1) is 16.9. The van der Waals surface area contributed by atoms with Gasteiger partial charge in [-0.2, -0.15) is 5.26 Å². The molecule has 5 heteroatoms. The second-order valence-electron chi connectivity index (χ2n) is 5.97. The molecule has 3 N–H and O–H groups in total. The molecular weight excluding hydrogens is 252 g/mol. The molecule has 0 radical (unpaired) electrons. The van der Waals surface area contributed by atoms with Gasteiger partial charge in [-0.15, -0.1) is 0 Å². The van der Waals surface area contributed by atoms with Crippen LogP contribution in [-0.4, -0.2) is 42.5 Å². The molecule has 1 heterocycles. The second kappa shape index (κ2) is 8.23. The van der Waals surface area contributed by atoms with Gasteiger partial charge in [0.2, 0.25) is 5.91 Å². The van der Waals surface area contributed by atoms with Gasteiger partial charge in [0.05, 0.1) is 12.0 Å². The summed E-state index contributed by atoms with van der Waals surface area (Å²) in [5.74, 6) is -0.145. The lowest BCUT2D eigenvalue weighted by molar-refractivity contribution is -0.123. The number of nitrogens with zero attached hydrogens (tertiary/aromatic N) is 2. The maximum absolute atomic E-state index is 11.2. The molecule has 1 aliphatic rings. The van der Waals surface area contributed by atoms with Crippen LogP contribution in [0.5, 0.6) is 0 Å². The van der Waals surface area contributed by atoms with Crippen molar-refractivity contribution < 1.29 is 4.79 Å². The van der Waals surface area contributed by atoms with Crippen LogP contribution in [-0.2, 0) is 4.79 Å². The second-order valence-corrected chi connectivity index (χ2v) is 5.97. The van der Waals surface area contributed by atoms with E-state index < -0.39 is 5.54 Å². The molecule has 20 heavy (non-hydrogen) atoms. The van der Waals surface area contributed by atoms with E-state index in [9.17, 15) is 10.1 Å². The molecule has 0 saturated carbocycles. The number of rotatable bonds is 8. The average Bonchev–Trinajstić information content (AvgIpc) is 2.44. The summed E-state index contributed by atoms with van der Waals surface area (Å²) in [7, 11) is 0. The summed E-state index contributed by atoms with van der Waals surface area (Å²) in [6.07, 6.45) is 4.94. The molecule has 0 aromatic rings. The number of piperidine rings is 1. The fourth-order valence-electron chi connectivity index (χ4n) is 2.88. The van der Waals surface area contributed by atoms with Crippen LogP contribution in [0.25, 0.3) is 0 Å². The number of carbonyl (C=O) groups excluding carboxylic acids is 1. The summed E-state index contributed by atoms with van der Waals surface area (Å²) < 4.78 is 0. The van der Waals surface area contributed by atoms with Crippen LogP contribution in [0.4, 0.5) is 0 Å². The van der Waals surface area contributed by atoms with Crippen molar-refractivity contribution in [2.24, 2.45) is 11.7 Å². The molecule has 0 aromatic heterocycles. The highest BCUT2D eigenvalue weighted by Crippen LogP contribution is 2.18. The van der Waals surface area contributed by atoms with E-state index >= 15 is 0 Å². The average molecular weight is 280 g/mol. The Hall–Kier alpha value is -1.12. The van der Waals surface area contributed by atoms with E-state index in [-0.39, 0.29) is 11.8 Å². The van der Waals surface area contributed by atoms with Gasteiger partial charge in [-0.05, 0) is 58.7 Å². The largest absolute Gasteiger partial charge is 0.369 e. The molecule has 1 fully saturated rings. The molecule has 0 aromatic carbocycles. The monoisotopic (exact) mass is 280 g/mol. The first-order chi connectivity index (χ1) is 9.50. The predicted molar refractivity (Wildman–Crippen MR) is 79.9 cm³/mol. The number of hydrogen-bond donors (Lipinski definition) is 2. The van der Waals surface area contributed by atoms with Crippen molar-refractivity contribution in [1.82, 2.24) is 10.2 Å². The van der Waals surface area contributed by atoms with Gasteiger partial charge in [0, 0.05) is 6.54 Å². The van der Waals surface area contributed by atoms with Crippen LogP contribution in [0.15, 0.2) is 0 Å². The Morgan fingerprint density at radius 2 is 2.30 bits per heavy atom. The van der Waals surface area contributed by atoms with Gasteiger partial charge in [0.25, 0.3) is 0 Å². The number of unbranched alkanes of at least 4 members (excludes halogenated alkanes) is 1. The number of hydrogen-bond acceptors (Lipinski definition) is 4. The van der Waals surface area contributed by atoms with Gasteiger partial charge >= 0.3 is 0 Å². The first-order valence-corrected chi connectivity index (χ1v) is 7.68. The third-order valence-electron chi connectivity index (χ3n) is 4.12. The molecule has 2 atom stereocenters. The molecule has 0 bridgehead atoms. The third kappa shape index (κ3) is 5.48. The fraction of sp³-hybridized carbons (Fsp3) is 0.867. The fourth-order valence-corrected chi connectivity index (χ4v) is 2.88. The van der Waals surface area contributed by atoms with Gasteiger partial charge < -0.3 is 10.6 Å². The standard InChI is InChI=1S/C15H28N4O/c1-3-18-15(2,12-16)8-4-5-9-19-10-6-7-13(11-19)14(17)20/h13,18H,3-11H2,1-2H3,(H2,17,20). The zero-order valence-electron chi connectivity index (χ0n) is 12.8. The Morgan fingerprint density at radius 3 is 2.90 bits per heavy atom. The van der Waals surface area contributed by atoms with Crippen LogP contribution in [0.3, 0.4) is 0 Å². The van der Waals surface area contributed by atoms with Gasteiger partial charge in [0.15, 0.2) is 0 Å². The minimum atomic E-state index is -0.410. The highest BCUT2D eigenvalue weighted by molar-refractivity contribution is 5.76.